The maximum Gasteiger partial charge on any atom is 0.255 e. The Labute approximate surface area is 229 Å². The van der Waals surface area contributed by atoms with Crippen molar-refractivity contribution in [2.75, 3.05) is 64.8 Å². The first-order chi connectivity index (χ1) is 18.5. The van der Waals surface area contributed by atoms with Crippen LogP contribution in [0.3, 0.4) is 0 Å². The molecular formula is C28H41N7O4. The van der Waals surface area contributed by atoms with Crippen molar-refractivity contribution in [3.63, 3.8) is 0 Å². The Morgan fingerprint density at radius 2 is 1.51 bits per heavy atom. The molecule has 1 heterocycles. The largest absolute Gasteiger partial charge is 0.452 e. The molecule has 0 unspecified atom stereocenters. The molecule has 0 bridgehead atoms. The van der Waals surface area contributed by atoms with E-state index in [1.165, 1.54) is 0 Å². The van der Waals surface area contributed by atoms with Gasteiger partial charge in [0, 0.05) is 29.9 Å². The Morgan fingerprint density at radius 3 is 2.08 bits per heavy atom. The van der Waals surface area contributed by atoms with Crippen molar-refractivity contribution in [3.05, 3.63) is 38.5 Å². The van der Waals surface area contributed by atoms with Crippen LogP contribution in [-0.4, -0.2) is 80.0 Å². The summed E-state index contributed by atoms with van der Waals surface area (Å²) < 4.78 is 6.18. The summed E-state index contributed by atoms with van der Waals surface area (Å²) in [6.07, 6.45) is 1.50. The highest BCUT2D eigenvalue weighted by Crippen LogP contribution is 2.35. The van der Waals surface area contributed by atoms with Gasteiger partial charge in [0.1, 0.15) is 11.2 Å². The first-order valence-electron chi connectivity index (χ1n) is 13.4. The van der Waals surface area contributed by atoms with Crippen molar-refractivity contribution >= 4 is 34.3 Å². The van der Waals surface area contributed by atoms with Gasteiger partial charge in [0.25, 0.3) is 11.8 Å². The number of nitrogens with zero attached hydrogens (tertiary/aromatic N) is 3. The predicted octanol–water partition coefficient (Wildman–Crippen LogP) is 2.22. The van der Waals surface area contributed by atoms with Gasteiger partial charge in [0.15, 0.2) is 11.3 Å². The lowest BCUT2D eigenvalue weighted by Crippen LogP contribution is -2.31. The van der Waals surface area contributed by atoms with Gasteiger partial charge in [-0.1, -0.05) is 13.8 Å². The zero-order valence-electron chi connectivity index (χ0n) is 23.9. The fraction of sp³-hybridized carbons (Fsp3) is 0.500. The first-order valence-corrected chi connectivity index (χ1v) is 13.4. The third-order valence-corrected chi connectivity index (χ3v) is 7.17. The molecule has 1 aliphatic carbocycles. The summed E-state index contributed by atoms with van der Waals surface area (Å²) in [7, 11) is 4.02. The molecule has 0 saturated heterocycles. The monoisotopic (exact) mass is 539 g/mol. The summed E-state index contributed by atoms with van der Waals surface area (Å²) in [5, 5.41) is 5.76. The molecule has 11 heteroatoms. The van der Waals surface area contributed by atoms with Crippen molar-refractivity contribution in [1.82, 2.24) is 25.4 Å². The lowest BCUT2D eigenvalue weighted by atomic mass is 9.99. The number of rotatable bonds is 12. The maximum absolute atomic E-state index is 13.3. The van der Waals surface area contributed by atoms with Gasteiger partial charge in [-0.25, -0.2) is 4.98 Å². The number of hydrogen-bond acceptors (Lipinski definition) is 9. The molecule has 1 aliphatic heterocycles. The molecule has 0 aromatic heterocycles. The van der Waals surface area contributed by atoms with Crippen LogP contribution < -0.4 is 27.5 Å². The lowest BCUT2D eigenvalue weighted by Gasteiger charge is -2.18. The number of aromatic nitrogens is 1. The van der Waals surface area contributed by atoms with E-state index >= 15 is 0 Å². The van der Waals surface area contributed by atoms with Crippen molar-refractivity contribution in [2.24, 2.45) is 0 Å². The Morgan fingerprint density at radius 1 is 0.949 bits per heavy atom. The zero-order valence-corrected chi connectivity index (χ0v) is 23.9. The Balaban J connectivity index is 2.07. The zero-order chi connectivity index (χ0) is 28.9. The molecule has 212 valence electrons. The molecule has 0 fully saturated rings. The van der Waals surface area contributed by atoms with E-state index in [1.807, 2.05) is 14.1 Å². The number of fused-ring (bicyclic) bond motifs is 2. The summed E-state index contributed by atoms with van der Waals surface area (Å²) >= 11 is 0. The molecule has 2 amide bonds. The smallest absolute Gasteiger partial charge is 0.255 e. The molecule has 1 aromatic rings. The minimum absolute atomic E-state index is 0.0569. The van der Waals surface area contributed by atoms with Gasteiger partial charge >= 0.3 is 0 Å². The van der Waals surface area contributed by atoms with Crippen LogP contribution >= 0.6 is 0 Å². The topological polar surface area (TPSA) is 160 Å². The molecule has 2 aliphatic rings. The highest BCUT2D eigenvalue weighted by Gasteiger charge is 2.29. The van der Waals surface area contributed by atoms with E-state index in [9.17, 15) is 14.4 Å². The molecular weight excluding hydrogens is 498 g/mol. The highest BCUT2D eigenvalue weighted by atomic mass is 16.3. The fourth-order valence-corrected chi connectivity index (χ4v) is 4.29. The normalized spacial score (nSPS) is 11.6. The third kappa shape index (κ3) is 6.48. The van der Waals surface area contributed by atoms with Crippen LogP contribution in [0, 0.1) is 13.8 Å². The van der Waals surface area contributed by atoms with Crippen LogP contribution in [0.25, 0.3) is 22.6 Å². The average molecular weight is 540 g/mol. The molecule has 0 radical (unpaired) electrons. The average Bonchev–Trinajstić information content (AvgIpc) is 2.93. The van der Waals surface area contributed by atoms with E-state index in [0.29, 0.717) is 24.3 Å². The SMILES string of the molecule is CCN(C)CCCNC(=O)c1c2nc3c(C(=O)NCCCN(C)CC)cc(N)c(C)c3oc-2c(C)c(=O)c1N. The van der Waals surface area contributed by atoms with Crippen LogP contribution in [0.4, 0.5) is 11.4 Å². The van der Waals surface area contributed by atoms with E-state index in [4.69, 9.17) is 20.9 Å². The number of nitrogens with two attached hydrogens (primary N) is 2. The Hall–Kier alpha value is -3.70. The quantitative estimate of drug-likeness (QED) is 0.154. The molecule has 39 heavy (non-hydrogen) atoms. The Bertz CT molecular complexity index is 1380. The van der Waals surface area contributed by atoms with Gasteiger partial charge in [0.05, 0.1) is 16.8 Å². The fourth-order valence-electron chi connectivity index (χ4n) is 4.29. The first kappa shape index (κ1) is 29.9. The third-order valence-electron chi connectivity index (χ3n) is 7.17. The van der Waals surface area contributed by atoms with E-state index < -0.39 is 11.3 Å². The number of carbonyl (C=O) groups is 2. The predicted molar refractivity (Wildman–Crippen MR) is 155 cm³/mol. The number of aryl methyl sites for hydroxylation is 1. The number of nitrogen functional groups attached to an aromatic ring is 2. The summed E-state index contributed by atoms with van der Waals surface area (Å²) in [4.78, 5) is 48.4. The maximum atomic E-state index is 13.3. The lowest BCUT2D eigenvalue weighted by molar-refractivity contribution is 0.0945. The van der Waals surface area contributed by atoms with Crippen molar-refractivity contribution in [1.29, 1.82) is 0 Å². The molecule has 0 atom stereocenters. The van der Waals surface area contributed by atoms with E-state index in [0.717, 1.165) is 39.0 Å². The van der Waals surface area contributed by atoms with Crippen LogP contribution in [-0.2, 0) is 0 Å². The van der Waals surface area contributed by atoms with Crippen molar-refractivity contribution in [2.45, 2.75) is 40.5 Å². The molecule has 0 spiro atoms. The van der Waals surface area contributed by atoms with Crippen LogP contribution in [0.2, 0.25) is 0 Å². The van der Waals surface area contributed by atoms with Gasteiger partial charge < -0.3 is 36.3 Å². The van der Waals surface area contributed by atoms with Crippen LogP contribution in [0.1, 0.15) is 58.5 Å². The molecule has 11 nitrogen and oxygen atoms in total. The second kappa shape index (κ2) is 12.9. The second-order valence-corrected chi connectivity index (χ2v) is 9.96. The Kier molecular flexibility index (Phi) is 9.87. The van der Waals surface area contributed by atoms with E-state index in [2.05, 4.69) is 34.3 Å². The molecule has 1 aromatic carbocycles. The minimum Gasteiger partial charge on any atom is -0.452 e. The molecule has 3 rings (SSSR count). The van der Waals surface area contributed by atoms with E-state index in [-0.39, 0.29) is 50.8 Å². The summed E-state index contributed by atoms with van der Waals surface area (Å²) in [6.45, 7) is 11.8. The number of carbonyl (C=O) groups excluding carboxylic acids is 2. The highest BCUT2D eigenvalue weighted by molar-refractivity contribution is 6.09. The van der Waals surface area contributed by atoms with Gasteiger partial charge in [-0.05, 0) is 73.0 Å². The number of anilines is 2. The van der Waals surface area contributed by atoms with Crippen LogP contribution in [0.5, 0.6) is 0 Å². The molecule has 6 N–H and O–H groups in total. The van der Waals surface area contributed by atoms with E-state index in [1.54, 1.807) is 19.9 Å². The number of amides is 2. The summed E-state index contributed by atoms with van der Waals surface area (Å²) in [5.41, 5.74) is 13.7. The standard InChI is InChI=1S/C28H41N7O4/c1-7-34(5)13-9-11-31-27(37)18-15-19(29)16(3)25-22(18)33-23-20(21(30)24(36)17(4)26(23)39-25)28(38)32-12-10-14-35(6)8-2/h15H,7-14,29-30H2,1-6H3,(H,31,37)(H,32,38). The molecule has 0 saturated carbocycles. The number of nitrogens with one attached hydrogen (secondary N) is 2. The summed E-state index contributed by atoms with van der Waals surface area (Å²) in [5.74, 6) is -0.738. The van der Waals surface area contributed by atoms with Gasteiger partial charge in [0.2, 0.25) is 5.43 Å². The number of benzene rings is 2. The van der Waals surface area contributed by atoms with Crippen LogP contribution in [0.15, 0.2) is 15.3 Å². The van der Waals surface area contributed by atoms with Gasteiger partial charge in [-0.2, -0.15) is 0 Å². The minimum atomic E-state index is -0.519. The van der Waals surface area contributed by atoms with Crippen molar-refractivity contribution < 1.29 is 14.0 Å². The van der Waals surface area contributed by atoms with Gasteiger partial charge in [-0.3, -0.25) is 14.4 Å². The number of hydrogen-bond donors (Lipinski definition) is 4. The summed E-state index contributed by atoms with van der Waals surface area (Å²) in [6, 6.07) is 1.56. The second-order valence-electron chi connectivity index (χ2n) is 9.96. The van der Waals surface area contributed by atoms with Gasteiger partial charge in [-0.15, -0.1) is 0 Å². The van der Waals surface area contributed by atoms with Crippen molar-refractivity contribution in [3.8, 4) is 11.5 Å².